The molecule has 1 aromatic heterocycles. The van der Waals surface area contributed by atoms with E-state index in [1.807, 2.05) is 42.5 Å². The highest BCUT2D eigenvalue weighted by atomic mass is 32.2. The monoisotopic (exact) mass is 257 g/mol. The summed E-state index contributed by atoms with van der Waals surface area (Å²) in [5, 5.41) is 0. The maximum Gasteiger partial charge on any atom is 0.168 e. The first-order valence-electron chi connectivity index (χ1n) is 5.95. The zero-order valence-electron chi connectivity index (χ0n) is 10.3. The van der Waals surface area contributed by atoms with Crippen molar-refractivity contribution < 1.29 is 4.79 Å². The van der Waals surface area contributed by atoms with Crippen molar-refractivity contribution in [2.75, 3.05) is 5.75 Å². The fourth-order valence-corrected chi connectivity index (χ4v) is 2.33. The third kappa shape index (κ3) is 3.44. The van der Waals surface area contributed by atoms with E-state index < -0.39 is 0 Å². The summed E-state index contributed by atoms with van der Waals surface area (Å²) in [6.07, 6.45) is 2.07. The van der Waals surface area contributed by atoms with Crippen molar-refractivity contribution >= 4 is 17.5 Å². The highest BCUT2D eigenvalue weighted by Gasteiger charge is 2.07. The Hall–Kier alpha value is -1.61. The fourth-order valence-electron chi connectivity index (χ4n) is 1.67. The van der Waals surface area contributed by atoms with Gasteiger partial charge in [-0.3, -0.25) is 9.78 Å². The molecule has 0 saturated carbocycles. The summed E-state index contributed by atoms with van der Waals surface area (Å²) in [7, 11) is 0. The number of hydrogen-bond donors (Lipinski definition) is 0. The quantitative estimate of drug-likeness (QED) is 0.605. The van der Waals surface area contributed by atoms with E-state index in [4.69, 9.17) is 0 Å². The van der Waals surface area contributed by atoms with Crippen LogP contribution in [-0.2, 0) is 6.42 Å². The number of nitrogens with zero attached hydrogens (tertiary/aromatic N) is 1. The molecule has 1 heterocycles. The molecule has 0 N–H and O–H groups in total. The van der Waals surface area contributed by atoms with Crippen LogP contribution in [0.1, 0.15) is 23.0 Å². The van der Waals surface area contributed by atoms with Crippen molar-refractivity contribution in [2.45, 2.75) is 18.2 Å². The van der Waals surface area contributed by atoms with E-state index in [1.54, 1.807) is 18.0 Å². The minimum atomic E-state index is 0.113. The number of carbonyl (C=O) groups is 1. The van der Waals surface area contributed by atoms with Crippen LogP contribution in [0.3, 0.4) is 0 Å². The van der Waals surface area contributed by atoms with Gasteiger partial charge in [0.1, 0.15) is 0 Å². The molecule has 0 aliphatic heterocycles. The Labute approximate surface area is 111 Å². The first kappa shape index (κ1) is 12.8. The Bertz CT molecular complexity index is 508. The average Bonchev–Trinajstić information content (AvgIpc) is 2.41. The van der Waals surface area contributed by atoms with Gasteiger partial charge in [0.15, 0.2) is 5.78 Å². The lowest BCUT2D eigenvalue weighted by Gasteiger charge is -2.02. The van der Waals surface area contributed by atoms with Crippen molar-refractivity contribution in [2.24, 2.45) is 0 Å². The van der Waals surface area contributed by atoms with E-state index in [9.17, 15) is 4.79 Å². The van der Waals surface area contributed by atoms with Crippen LogP contribution < -0.4 is 0 Å². The predicted octanol–water partition coefficient (Wildman–Crippen LogP) is 3.62. The summed E-state index contributed by atoms with van der Waals surface area (Å²) in [6.45, 7) is 2.12. The van der Waals surface area contributed by atoms with Gasteiger partial charge in [-0.15, -0.1) is 11.8 Å². The van der Waals surface area contributed by atoms with Gasteiger partial charge < -0.3 is 0 Å². The molecule has 0 aliphatic rings. The minimum absolute atomic E-state index is 0.113. The Balaban J connectivity index is 2.05. The van der Waals surface area contributed by atoms with Crippen LogP contribution in [0.2, 0.25) is 0 Å². The van der Waals surface area contributed by atoms with Gasteiger partial charge in [-0.05, 0) is 30.0 Å². The second-order valence-electron chi connectivity index (χ2n) is 3.88. The van der Waals surface area contributed by atoms with Gasteiger partial charge in [0.05, 0.1) is 6.42 Å². The summed E-state index contributed by atoms with van der Waals surface area (Å²) in [5.41, 5.74) is 1.57. The molecule has 1 aromatic carbocycles. The second-order valence-corrected chi connectivity index (χ2v) is 5.22. The van der Waals surface area contributed by atoms with Crippen molar-refractivity contribution in [3.8, 4) is 0 Å². The molecule has 2 rings (SSSR count). The second kappa shape index (κ2) is 6.36. The number of benzene rings is 1. The van der Waals surface area contributed by atoms with Crippen LogP contribution in [0.25, 0.3) is 0 Å². The molecule has 0 fully saturated rings. The number of aromatic nitrogens is 1. The molecule has 0 spiro atoms. The molecule has 0 unspecified atom stereocenters. The van der Waals surface area contributed by atoms with Crippen molar-refractivity contribution in [3.05, 3.63) is 59.9 Å². The van der Waals surface area contributed by atoms with Crippen LogP contribution >= 0.6 is 11.8 Å². The number of Topliss-reactive ketones (excluding diaryl/α,β-unsaturated/α-hetero) is 1. The molecule has 0 saturated heterocycles. The number of hydrogen-bond acceptors (Lipinski definition) is 3. The summed E-state index contributed by atoms with van der Waals surface area (Å²) in [6, 6.07) is 13.4. The molecule has 18 heavy (non-hydrogen) atoms. The van der Waals surface area contributed by atoms with Crippen molar-refractivity contribution in [1.82, 2.24) is 4.98 Å². The van der Waals surface area contributed by atoms with E-state index >= 15 is 0 Å². The third-order valence-corrected chi connectivity index (χ3v) is 3.45. The lowest BCUT2D eigenvalue weighted by Crippen LogP contribution is -2.04. The molecule has 3 heteroatoms. The number of pyridine rings is 1. The zero-order chi connectivity index (χ0) is 12.8. The van der Waals surface area contributed by atoms with E-state index in [-0.39, 0.29) is 5.78 Å². The van der Waals surface area contributed by atoms with Gasteiger partial charge in [0.2, 0.25) is 0 Å². The van der Waals surface area contributed by atoms with Crippen LogP contribution in [0.15, 0.2) is 53.6 Å². The van der Waals surface area contributed by atoms with Crippen molar-refractivity contribution in [3.63, 3.8) is 0 Å². The normalized spacial score (nSPS) is 10.3. The van der Waals surface area contributed by atoms with Crippen molar-refractivity contribution in [1.29, 1.82) is 0 Å². The Morgan fingerprint density at radius 3 is 2.56 bits per heavy atom. The van der Waals surface area contributed by atoms with E-state index in [0.29, 0.717) is 6.42 Å². The average molecular weight is 257 g/mol. The number of ketones is 1. The van der Waals surface area contributed by atoms with E-state index in [1.165, 1.54) is 4.90 Å². The molecule has 0 atom stereocenters. The van der Waals surface area contributed by atoms with Gasteiger partial charge in [-0.1, -0.05) is 25.1 Å². The van der Waals surface area contributed by atoms with Crippen LogP contribution in [0.4, 0.5) is 0 Å². The molecule has 0 radical (unpaired) electrons. The number of carbonyl (C=O) groups excluding carboxylic acids is 1. The predicted molar refractivity (Wildman–Crippen MR) is 75.1 cm³/mol. The lowest BCUT2D eigenvalue weighted by molar-refractivity contribution is 0.0992. The largest absolute Gasteiger partial charge is 0.294 e. The van der Waals surface area contributed by atoms with Crippen LogP contribution in [-0.4, -0.2) is 16.5 Å². The first-order valence-corrected chi connectivity index (χ1v) is 6.94. The smallest absolute Gasteiger partial charge is 0.168 e. The number of thioether (sulfide) groups is 1. The molecular formula is C15H15NOS. The Morgan fingerprint density at radius 1 is 1.17 bits per heavy atom. The Kier molecular flexibility index (Phi) is 4.53. The molecule has 0 amide bonds. The Morgan fingerprint density at radius 2 is 1.94 bits per heavy atom. The van der Waals surface area contributed by atoms with Crippen LogP contribution in [0.5, 0.6) is 0 Å². The third-order valence-electron chi connectivity index (χ3n) is 2.56. The molecular weight excluding hydrogens is 242 g/mol. The zero-order valence-corrected chi connectivity index (χ0v) is 11.1. The van der Waals surface area contributed by atoms with Crippen LogP contribution in [0, 0.1) is 0 Å². The summed E-state index contributed by atoms with van der Waals surface area (Å²) in [5.74, 6) is 1.16. The molecule has 92 valence electrons. The highest BCUT2D eigenvalue weighted by Crippen LogP contribution is 2.18. The summed E-state index contributed by atoms with van der Waals surface area (Å²) < 4.78 is 0. The topological polar surface area (TPSA) is 30.0 Å². The van der Waals surface area contributed by atoms with Gasteiger partial charge in [0, 0.05) is 22.3 Å². The summed E-state index contributed by atoms with van der Waals surface area (Å²) in [4.78, 5) is 17.4. The van der Waals surface area contributed by atoms with E-state index in [0.717, 1.165) is 17.0 Å². The fraction of sp³-hybridized carbons (Fsp3) is 0.200. The van der Waals surface area contributed by atoms with Gasteiger partial charge in [-0.2, -0.15) is 0 Å². The lowest BCUT2D eigenvalue weighted by atomic mass is 10.1. The first-order chi connectivity index (χ1) is 8.79. The molecule has 2 nitrogen and oxygen atoms in total. The highest BCUT2D eigenvalue weighted by molar-refractivity contribution is 7.99. The van der Waals surface area contributed by atoms with Gasteiger partial charge in [0.25, 0.3) is 0 Å². The van der Waals surface area contributed by atoms with E-state index in [2.05, 4.69) is 11.9 Å². The number of rotatable bonds is 5. The minimum Gasteiger partial charge on any atom is -0.294 e. The maximum absolute atomic E-state index is 12.0. The SMILES string of the molecule is CCSc1ccc(C(=O)Cc2ccccn2)cc1. The molecule has 0 bridgehead atoms. The van der Waals surface area contributed by atoms with Gasteiger partial charge >= 0.3 is 0 Å². The maximum atomic E-state index is 12.0. The van der Waals surface area contributed by atoms with Gasteiger partial charge in [-0.25, -0.2) is 0 Å². The summed E-state index contributed by atoms with van der Waals surface area (Å²) >= 11 is 1.78. The molecule has 0 aliphatic carbocycles. The standard InChI is InChI=1S/C15H15NOS/c1-2-18-14-8-6-12(7-9-14)15(17)11-13-5-3-4-10-16-13/h3-10H,2,11H2,1H3. The molecule has 2 aromatic rings.